The largest absolute Gasteiger partial charge is 0.462 e. The van der Waals surface area contributed by atoms with Crippen LogP contribution in [0.15, 0.2) is 146 Å². The summed E-state index contributed by atoms with van der Waals surface area (Å²) in [5.74, 6) is -0.932. The summed E-state index contributed by atoms with van der Waals surface area (Å²) in [5.41, 5.74) is 0. The van der Waals surface area contributed by atoms with E-state index in [0.29, 0.717) is 19.3 Å². The molecule has 0 aromatic carbocycles. The minimum Gasteiger partial charge on any atom is -0.462 e. The molecule has 0 aromatic heterocycles. The van der Waals surface area contributed by atoms with Crippen molar-refractivity contribution in [1.82, 2.24) is 0 Å². The van der Waals surface area contributed by atoms with Gasteiger partial charge in [0.1, 0.15) is 13.2 Å². The van der Waals surface area contributed by atoms with Crippen LogP contribution in [0.3, 0.4) is 0 Å². The Morgan fingerprint density at radius 2 is 0.476 bits per heavy atom. The monoisotopic (exact) mass is 1130 g/mol. The van der Waals surface area contributed by atoms with Crippen molar-refractivity contribution in [3.8, 4) is 0 Å². The molecular weight excluding hydrogens is 1010 g/mol. The molecule has 0 amide bonds. The molecule has 464 valence electrons. The summed E-state index contributed by atoms with van der Waals surface area (Å²) in [4.78, 5) is 38.5. The van der Waals surface area contributed by atoms with Crippen LogP contribution < -0.4 is 0 Å². The molecule has 6 heteroatoms. The van der Waals surface area contributed by atoms with Crippen LogP contribution in [0.2, 0.25) is 0 Å². The van der Waals surface area contributed by atoms with Crippen LogP contribution in [0.4, 0.5) is 0 Å². The van der Waals surface area contributed by atoms with Gasteiger partial charge in [-0.2, -0.15) is 0 Å². The maximum atomic E-state index is 12.9. The average molecular weight is 1130 g/mol. The summed E-state index contributed by atoms with van der Waals surface area (Å²) in [6.45, 7) is 6.39. The first-order valence-electron chi connectivity index (χ1n) is 33.8. The Morgan fingerprint density at radius 1 is 0.256 bits per heavy atom. The third-order valence-electron chi connectivity index (χ3n) is 14.1. The molecule has 0 aliphatic heterocycles. The van der Waals surface area contributed by atoms with E-state index in [1.54, 1.807) is 0 Å². The Kier molecular flexibility index (Phi) is 64.8. The Hall–Kier alpha value is -4.71. The molecular formula is C76H124O6. The van der Waals surface area contributed by atoms with Crippen LogP contribution in [-0.4, -0.2) is 37.2 Å². The lowest BCUT2D eigenvalue weighted by molar-refractivity contribution is -0.167. The van der Waals surface area contributed by atoms with Crippen LogP contribution in [-0.2, 0) is 28.6 Å². The molecule has 0 fully saturated rings. The van der Waals surface area contributed by atoms with Crippen LogP contribution >= 0.6 is 0 Å². The second-order valence-electron chi connectivity index (χ2n) is 22.0. The lowest BCUT2D eigenvalue weighted by Crippen LogP contribution is -2.30. The third kappa shape index (κ3) is 66.1. The zero-order valence-corrected chi connectivity index (χ0v) is 53.2. The first-order valence-corrected chi connectivity index (χ1v) is 33.8. The second kappa shape index (κ2) is 68.8. The first-order chi connectivity index (χ1) is 40.5. The maximum Gasteiger partial charge on any atom is 0.306 e. The number of unbranched alkanes of at least 4 members (excludes halogenated alkanes) is 25. The Labute approximate surface area is 506 Å². The first kappa shape index (κ1) is 77.3. The molecule has 0 spiro atoms. The predicted molar refractivity (Wildman–Crippen MR) is 357 cm³/mol. The average Bonchev–Trinajstić information content (AvgIpc) is 3.47. The van der Waals surface area contributed by atoms with Gasteiger partial charge in [0.2, 0.25) is 0 Å². The van der Waals surface area contributed by atoms with E-state index in [-0.39, 0.29) is 31.1 Å². The summed E-state index contributed by atoms with van der Waals surface area (Å²) >= 11 is 0. The minimum atomic E-state index is -0.805. The van der Waals surface area contributed by atoms with Crippen molar-refractivity contribution in [2.45, 2.75) is 303 Å². The van der Waals surface area contributed by atoms with Crippen molar-refractivity contribution in [2.75, 3.05) is 13.2 Å². The van der Waals surface area contributed by atoms with Crippen molar-refractivity contribution in [2.24, 2.45) is 0 Å². The summed E-state index contributed by atoms with van der Waals surface area (Å²) < 4.78 is 16.9. The van der Waals surface area contributed by atoms with Gasteiger partial charge < -0.3 is 14.2 Å². The number of hydrogen-bond acceptors (Lipinski definition) is 6. The molecule has 0 aromatic rings. The van der Waals surface area contributed by atoms with Crippen LogP contribution in [0, 0.1) is 0 Å². The smallest absolute Gasteiger partial charge is 0.306 e. The molecule has 0 N–H and O–H groups in total. The van der Waals surface area contributed by atoms with Crippen LogP contribution in [0.5, 0.6) is 0 Å². The third-order valence-corrected chi connectivity index (χ3v) is 14.1. The quantitative estimate of drug-likeness (QED) is 0.0261. The molecule has 1 atom stereocenters. The fraction of sp³-hybridized carbons (Fsp3) is 0.645. The molecule has 0 radical (unpaired) electrons. The van der Waals surface area contributed by atoms with Gasteiger partial charge in [0.15, 0.2) is 6.10 Å². The van der Waals surface area contributed by atoms with Gasteiger partial charge in [0, 0.05) is 19.3 Å². The lowest BCUT2D eigenvalue weighted by atomic mass is 10.1. The zero-order valence-electron chi connectivity index (χ0n) is 53.2. The fourth-order valence-corrected chi connectivity index (χ4v) is 9.06. The van der Waals surface area contributed by atoms with Crippen molar-refractivity contribution in [3.05, 3.63) is 146 Å². The van der Waals surface area contributed by atoms with Crippen molar-refractivity contribution >= 4 is 17.9 Å². The summed E-state index contributed by atoms with van der Waals surface area (Å²) in [7, 11) is 0. The van der Waals surface area contributed by atoms with Crippen molar-refractivity contribution < 1.29 is 28.6 Å². The maximum absolute atomic E-state index is 12.9. The Morgan fingerprint density at radius 3 is 0.756 bits per heavy atom. The number of carbonyl (C=O) groups excluding carboxylic acids is 3. The number of rotatable bonds is 60. The van der Waals surface area contributed by atoms with Crippen LogP contribution in [0.1, 0.15) is 297 Å². The van der Waals surface area contributed by atoms with E-state index in [2.05, 4.69) is 167 Å². The highest BCUT2D eigenvalue weighted by atomic mass is 16.6. The second-order valence-corrected chi connectivity index (χ2v) is 22.0. The van der Waals surface area contributed by atoms with Gasteiger partial charge in [-0.15, -0.1) is 0 Å². The minimum absolute atomic E-state index is 0.0975. The standard InChI is InChI=1S/C76H124O6/c1-4-7-10-13-16-19-22-25-28-31-34-36-37-38-39-41-42-45-48-51-54-57-60-63-66-69-75(78)81-72-73(71-80-74(77)68-65-62-59-56-53-50-47-44-33-30-27-24-21-18-15-12-9-6-3)82-76(79)70-67-64-61-58-55-52-49-46-43-40-35-32-29-26-23-20-17-14-11-8-5-2/h7-8,10-11,16-17,19-20,25-26,28-30,33-36,38-40,42,45-46,49,73H,4-6,9,12-15,18,21-24,27,31-32,37,41,43-44,47-48,50-72H2,1-3H3/b10-7-,11-8-,19-16-,20-17-,28-25-,29-26-,33-30-,36-34-,39-38-,40-35-,45-42-,49-46-. The van der Waals surface area contributed by atoms with E-state index < -0.39 is 6.10 Å². The van der Waals surface area contributed by atoms with E-state index in [1.807, 2.05) is 0 Å². The fourth-order valence-electron chi connectivity index (χ4n) is 9.06. The van der Waals surface area contributed by atoms with E-state index in [0.717, 1.165) is 161 Å². The van der Waals surface area contributed by atoms with Gasteiger partial charge in [-0.3, -0.25) is 14.4 Å². The van der Waals surface area contributed by atoms with Crippen molar-refractivity contribution in [1.29, 1.82) is 0 Å². The number of hydrogen-bond donors (Lipinski definition) is 0. The van der Waals surface area contributed by atoms with E-state index in [1.165, 1.54) is 96.3 Å². The van der Waals surface area contributed by atoms with E-state index >= 15 is 0 Å². The van der Waals surface area contributed by atoms with Gasteiger partial charge >= 0.3 is 17.9 Å². The Balaban J connectivity index is 4.48. The van der Waals surface area contributed by atoms with Gasteiger partial charge in [-0.1, -0.05) is 282 Å². The molecule has 6 nitrogen and oxygen atoms in total. The Bertz CT molecular complexity index is 1780. The number of carbonyl (C=O) groups is 3. The highest BCUT2D eigenvalue weighted by Gasteiger charge is 2.19. The van der Waals surface area contributed by atoms with Gasteiger partial charge in [0.05, 0.1) is 0 Å². The van der Waals surface area contributed by atoms with Crippen LogP contribution in [0.25, 0.3) is 0 Å². The molecule has 0 aliphatic rings. The zero-order chi connectivity index (χ0) is 59.2. The summed E-state index contributed by atoms with van der Waals surface area (Å²) in [6, 6.07) is 0. The molecule has 0 bridgehead atoms. The normalized spacial score (nSPS) is 13.1. The molecule has 0 rings (SSSR count). The summed E-state index contributed by atoms with van der Waals surface area (Å²) in [5, 5.41) is 0. The highest BCUT2D eigenvalue weighted by Crippen LogP contribution is 2.15. The topological polar surface area (TPSA) is 78.9 Å². The molecule has 82 heavy (non-hydrogen) atoms. The SMILES string of the molecule is CC/C=C\C/C=C\C/C=C\C/C=C\C/C=C\C/C=C\CCCCCCCCC(=O)OCC(COC(=O)CCCCCCCCC/C=C\CCCCCCCCC)OC(=O)CCCCCCC/C=C\C/C=C\C/C=C\C/C=C\C/C=C\CC. The number of ether oxygens (including phenoxy) is 3. The molecule has 1 unspecified atom stereocenters. The number of allylic oxidation sites excluding steroid dienone is 24. The number of esters is 3. The molecule has 0 saturated carbocycles. The summed E-state index contributed by atoms with van der Waals surface area (Å²) in [6.07, 6.45) is 98.5. The lowest BCUT2D eigenvalue weighted by Gasteiger charge is -2.18. The predicted octanol–water partition coefficient (Wildman–Crippen LogP) is 23.5. The van der Waals surface area contributed by atoms with Gasteiger partial charge in [0.25, 0.3) is 0 Å². The van der Waals surface area contributed by atoms with Gasteiger partial charge in [-0.05, 0) is 141 Å². The van der Waals surface area contributed by atoms with E-state index in [9.17, 15) is 14.4 Å². The highest BCUT2D eigenvalue weighted by molar-refractivity contribution is 5.71. The molecule has 0 aliphatic carbocycles. The van der Waals surface area contributed by atoms with Gasteiger partial charge in [-0.25, -0.2) is 0 Å². The van der Waals surface area contributed by atoms with E-state index in [4.69, 9.17) is 14.2 Å². The van der Waals surface area contributed by atoms with Crippen molar-refractivity contribution in [3.63, 3.8) is 0 Å². The molecule has 0 heterocycles. The molecule has 0 saturated heterocycles.